The van der Waals surface area contributed by atoms with E-state index in [4.69, 9.17) is 4.74 Å². The number of hydrogen-bond acceptors (Lipinski definition) is 3. The van der Waals surface area contributed by atoms with Crippen LogP contribution in [0.3, 0.4) is 0 Å². The number of thioether (sulfide) groups is 1. The standard InChI is InChI=1S/C15H19NO2S/c1-18-13-5-3-2-4-12(13)15-16(10-11-6-7-11)14(17)8-9-19-15/h2-5,11,15H,6-10H2,1H3. The molecule has 4 heteroatoms. The van der Waals surface area contributed by atoms with E-state index in [1.54, 1.807) is 7.11 Å². The summed E-state index contributed by atoms with van der Waals surface area (Å²) in [7, 11) is 1.69. The average molecular weight is 277 g/mol. The van der Waals surface area contributed by atoms with Crippen LogP contribution < -0.4 is 4.74 Å². The summed E-state index contributed by atoms with van der Waals surface area (Å²) < 4.78 is 5.45. The van der Waals surface area contributed by atoms with Gasteiger partial charge in [-0.1, -0.05) is 18.2 Å². The zero-order valence-corrected chi connectivity index (χ0v) is 12.0. The first-order chi connectivity index (χ1) is 9.29. The molecular weight excluding hydrogens is 258 g/mol. The number of benzene rings is 1. The second-order valence-corrected chi connectivity index (χ2v) is 6.39. The molecule has 1 aliphatic heterocycles. The zero-order valence-electron chi connectivity index (χ0n) is 11.2. The first-order valence-corrected chi connectivity index (χ1v) is 7.88. The van der Waals surface area contributed by atoms with Crippen LogP contribution in [0.2, 0.25) is 0 Å². The second kappa shape index (κ2) is 5.45. The van der Waals surface area contributed by atoms with Crippen molar-refractivity contribution < 1.29 is 9.53 Å². The van der Waals surface area contributed by atoms with Crippen LogP contribution in [0, 0.1) is 5.92 Å². The minimum absolute atomic E-state index is 0.123. The Kier molecular flexibility index (Phi) is 3.69. The summed E-state index contributed by atoms with van der Waals surface area (Å²) in [6.45, 7) is 0.911. The van der Waals surface area contributed by atoms with E-state index in [9.17, 15) is 4.79 Å². The number of methoxy groups -OCH3 is 1. The number of carbonyl (C=O) groups is 1. The Morgan fingerprint density at radius 1 is 1.37 bits per heavy atom. The van der Waals surface area contributed by atoms with Gasteiger partial charge < -0.3 is 9.64 Å². The maximum absolute atomic E-state index is 12.2. The van der Waals surface area contributed by atoms with Gasteiger partial charge in [0, 0.05) is 24.3 Å². The molecular formula is C15H19NO2S. The fourth-order valence-electron chi connectivity index (χ4n) is 2.53. The van der Waals surface area contributed by atoms with Crippen LogP contribution in [0.15, 0.2) is 24.3 Å². The first kappa shape index (κ1) is 12.9. The van der Waals surface area contributed by atoms with Crippen molar-refractivity contribution in [2.45, 2.75) is 24.6 Å². The van der Waals surface area contributed by atoms with Crippen LogP contribution in [0.4, 0.5) is 0 Å². The van der Waals surface area contributed by atoms with Gasteiger partial charge in [0.25, 0.3) is 0 Å². The van der Waals surface area contributed by atoms with E-state index in [2.05, 4.69) is 11.0 Å². The highest BCUT2D eigenvalue weighted by Gasteiger charge is 2.35. The van der Waals surface area contributed by atoms with Crippen LogP contribution >= 0.6 is 11.8 Å². The van der Waals surface area contributed by atoms with Gasteiger partial charge in [0.2, 0.25) is 5.91 Å². The monoisotopic (exact) mass is 277 g/mol. The van der Waals surface area contributed by atoms with E-state index < -0.39 is 0 Å². The van der Waals surface area contributed by atoms with Gasteiger partial charge in [-0.05, 0) is 24.8 Å². The lowest BCUT2D eigenvalue weighted by Gasteiger charge is -2.36. The topological polar surface area (TPSA) is 29.5 Å². The fraction of sp³-hybridized carbons (Fsp3) is 0.533. The molecule has 0 spiro atoms. The van der Waals surface area contributed by atoms with Crippen LogP contribution in [-0.4, -0.2) is 30.2 Å². The Labute approximate surface area is 118 Å². The largest absolute Gasteiger partial charge is 0.496 e. The van der Waals surface area contributed by atoms with Gasteiger partial charge in [-0.3, -0.25) is 4.79 Å². The molecule has 1 aromatic rings. The molecule has 3 nitrogen and oxygen atoms in total. The SMILES string of the molecule is COc1ccccc1C1SCCC(=O)N1CC1CC1. The minimum Gasteiger partial charge on any atom is -0.496 e. The molecule has 3 rings (SSSR count). The van der Waals surface area contributed by atoms with Crippen molar-refractivity contribution in [3.63, 3.8) is 0 Å². The highest BCUT2D eigenvalue weighted by Crippen LogP contribution is 2.43. The molecule has 1 aliphatic carbocycles. The molecule has 2 aliphatic rings. The molecule has 1 unspecified atom stereocenters. The van der Waals surface area contributed by atoms with Crippen molar-refractivity contribution in [2.75, 3.05) is 19.4 Å². The molecule has 0 aromatic heterocycles. The highest BCUT2D eigenvalue weighted by atomic mass is 32.2. The normalized spacial score (nSPS) is 23.5. The summed E-state index contributed by atoms with van der Waals surface area (Å²) in [5.74, 6) is 2.81. The summed E-state index contributed by atoms with van der Waals surface area (Å²) in [6, 6.07) is 8.05. The van der Waals surface area contributed by atoms with E-state index >= 15 is 0 Å². The quantitative estimate of drug-likeness (QED) is 0.847. The summed E-state index contributed by atoms with van der Waals surface area (Å²) in [6.07, 6.45) is 3.21. The van der Waals surface area contributed by atoms with Crippen LogP contribution in [0.5, 0.6) is 5.75 Å². The van der Waals surface area contributed by atoms with E-state index in [0.29, 0.717) is 12.3 Å². The van der Waals surface area contributed by atoms with Crippen LogP contribution in [-0.2, 0) is 4.79 Å². The number of hydrogen-bond donors (Lipinski definition) is 0. The minimum atomic E-state index is 0.123. The predicted molar refractivity (Wildman–Crippen MR) is 77.2 cm³/mol. The molecule has 1 saturated carbocycles. The second-order valence-electron chi connectivity index (χ2n) is 5.20. The third kappa shape index (κ3) is 2.73. The zero-order chi connectivity index (χ0) is 13.2. The predicted octanol–water partition coefficient (Wildman–Crippen LogP) is 3.07. The maximum Gasteiger partial charge on any atom is 0.224 e. The Bertz CT molecular complexity index is 473. The molecule has 1 saturated heterocycles. The number of carbonyl (C=O) groups excluding carboxylic acids is 1. The van der Waals surface area contributed by atoms with Gasteiger partial charge in [0.15, 0.2) is 0 Å². The number of ether oxygens (including phenoxy) is 1. The average Bonchev–Trinajstić information content (AvgIpc) is 3.25. The maximum atomic E-state index is 12.2. The van der Waals surface area contributed by atoms with Gasteiger partial charge in [0.1, 0.15) is 11.1 Å². The highest BCUT2D eigenvalue weighted by molar-refractivity contribution is 7.99. The molecule has 1 atom stereocenters. The number of para-hydroxylation sites is 1. The van der Waals surface area contributed by atoms with Crippen molar-refractivity contribution in [2.24, 2.45) is 5.92 Å². The lowest BCUT2D eigenvalue weighted by molar-refractivity contribution is -0.132. The lowest BCUT2D eigenvalue weighted by atomic mass is 10.1. The van der Waals surface area contributed by atoms with E-state index in [0.717, 1.165) is 29.5 Å². The smallest absolute Gasteiger partial charge is 0.224 e. The molecule has 0 bridgehead atoms. The van der Waals surface area contributed by atoms with Crippen molar-refractivity contribution in [1.29, 1.82) is 0 Å². The number of rotatable bonds is 4. The number of amides is 1. The van der Waals surface area contributed by atoms with Crippen LogP contribution in [0.25, 0.3) is 0 Å². The molecule has 1 amide bonds. The third-order valence-electron chi connectivity index (χ3n) is 3.75. The van der Waals surface area contributed by atoms with Crippen molar-refractivity contribution in [1.82, 2.24) is 4.90 Å². The Balaban J connectivity index is 1.88. The van der Waals surface area contributed by atoms with Gasteiger partial charge in [-0.25, -0.2) is 0 Å². The van der Waals surface area contributed by atoms with Crippen LogP contribution in [0.1, 0.15) is 30.2 Å². The van der Waals surface area contributed by atoms with Crippen molar-refractivity contribution in [3.05, 3.63) is 29.8 Å². The molecule has 102 valence electrons. The Morgan fingerprint density at radius 3 is 2.89 bits per heavy atom. The van der Waals surface area contributed by atoms with Gasteiger partial charge in [-0.15, -0.1) is 11.8 Å². The van der Waals surface area contributed by atoms with Crippen molar-refractivity contribution >= 4 is 17.7 Å². The Hall–Kier alpha value is -1.16. The molecule has 1 aromatic carbocycles. The van der Waals surface area contributed by atoms with Gasteiger partial charge in [0.05, 0.1) is 7.11 Å². The van der Waals surface area contributed by atoms with Gasteiger partial charge >= 0.3 is 0 Å². The Morgan fingerprint density at radius 2 is 2.16 bits per heavy atom. The summed E-state index contributed by atoms with van der Waals surface area (Å²) in [4.78, 5) is 14.3. The molecule has 0 N–H and O–H groups in total. The first-order valence-electron chi connectivity index (χ1n) is 6.83. The summed E-state index contributed by atoms with van der Waals surface area (Å²) in [5, 5.41) is 0.123. The van der Waals surface area contributed by atoms with Crippen molar-refractivity contribution in [3.8, 4) is 5.75 Å². The van der Waals surface area contributed by atoms with E-state index in [-0.39, 0.29) is 5.37 Å². The van der Waals surface area contributed by atoms with E-state index in [1.807, 2.05) is 30.0 Å². The molecule has 1 heterocycles. The molecule has 19 heavy (non-hydrogen) atoms. The molecule has 0 radical (unpaired) electrons. The fourth-order valence-corrected chi connectivity index (χ4v) is 3.80. The van der Waals surface area contributed by atoms with Gasteiger partial charge in [-0.2, -0.15) is 0 Å². The number of nitrogens with zero attached hydrogens (tertiary/aromatic N) is 1. The lowest BCUT2D eigenvalue weighted by Crippen LogP contribution is -2.38. The third-order valence-corrected chi connectivity index (χ3v) is 5.02. The summed E-state index contributed by atoms with van der Waals surface area (Å²) in [5.41, 5.74) is 1.13. The molecule has 2 fully saturated rings. The van der Waals surface area contributed by atoms with E-state index in [1.165, 1.54) is 12.8 Å². The summed E-state index contributed by atoms with van der Waals surface area (Å²) >= 11 is 1.85.